The quantitative estimate of drug-likeness (QED) is 0.860. The van der Waals surface area contributed by atoms with Crippen molar-refractivity contribution in [1.82, 2.24) is 15.2 Å². The summed E-state index contributed by atoms with van der Waals surface area (Å²) in [4.78, 5) is 17.8. The summed E-state index contributed by atoms with van der Waals surface area (Å²) >= 11 is 0. The maximum absolute atomic E-state index is 12.8. The zero-order chi connectivity index (χ0) is 15.2. The minimum Gasteiger partial charge on any atom is -0.367 e. The van der Waals surface area contributed by atoms with Gasteiger partial charge in [0.1, 0.15) is 0 Å². The van der Waals surface area contributed by atoms with Crippen molar-refractivity contribution >= 4 is 5.91 Å². The van der Waals surface area contributed by atoms with Crippen LogP contribution in [0.25, 0.3) is 0 Å². The third-order valence-corrected chi connectivity index (χ3v) is 4.21. The molecule has 1 aromatic heterocycles. The number of nitrogens with one attached hydrogen (secondary N) is 2. The molecule has 1 saturated heterocycles. The number of carbonyl (C=O) groups is 1. The number of H-pyrrole nitrogens is 1. The van der Waals surface area contributed by atoms with Crippen molar-refractivity contribution in [2.24, 2.45) is 0 Å². The Balaban J connectivity index is 1.67. The van der Waals surface area contributed by atoms with Crippen LogP contribution in [0.4, 0.5) is 0 Å². The Morgan fingerprint density at radius 1 is 1.14 bits per heavy atom. The molecule has 116 valence electrons. The first kappa shape index (κ1) is 14.9. The molecule has 1 amide bonds. The van der Waals surface area contributed by atoms with Crippen LogP contribution in [-0.2, 0) is 17.8 Å². The van der Waals surface area contributed by atoms with Crippen molar-refractivity contribution in [1.29, 1.82) is 0 Å². The normalized spacial score (nSPS) is 15.9. The molecule has 1 unspecified atom stereocenters. The Bertz CT molecular complexity index is 574. The van der Waals surface area contributed by atoms with Crippen molar-refractivity contribution in [3.05, 3.63) is 59.9 Å². The maximum atomic E-state index is 12.8. The second-order valence-corrected chi connectivity index (χ2v) is 5.87. The number of aromatic nitrogens is 1. The molecular formula is C18H23N3O. The van der Waals surface area contributed by atoms with Gasteiger partial charge in [-0.1, -0.05) is 30.3 Å². The molecule has 0 bridgehead atoms. The smallest absolute Gasteiger partial charge is 0.240 e. The highest BCUT2D eigenvalue weighted by Gasteiger charge is 2.26. The van der Waals surface area contributed by atoms with Crippen molar-refractivity contribution < 1.29 is 4.79 Å². The van der Waals surface area contributed by atoms with E-state index in [1.807, 2.05) is 41.6 Å². The van der Waals surface area contributed by atoms with E-state index >= 15 is 0 Å². The van der Waals surface area contributed by atoms with Crippen LogP contribution in [0.15, 0.2) is 48.8 Å². The number of carbonyl (C=O) groups excluding carboxylic acids is 1. The molecule has 1 aromatic carbocycles. The highest BCUT2D eigenvalue weighted by atomic mass is 16.2. The van der Waals surface area contributed by atoms with Crippen LogP contribution in [0.1, 0.15) is 24.0 Å². The molecule has 22 heavy (non-hydrogen) atoms. The predicted molar refractivity (Wildman–Crippen MR) is 87.4 cm³/mol. The van der Waals surface area contributed by atoms with Gasteiger partial charge in [0.05, 0.1) is 6.04 Å². The van der Waals surface area contributed by atoms with E-state index in [-0.39, 0.29) is 11.9 Å². The second kappa shape index (κ2) is 7.27. The van der Waals surface area contributed by atoms with E-state index in [1.165, 1.54) is 11.1 Å². The van der Waals surface area contributed by atoms with Gasteiger partial charge in [-0.2, -0.15) is 0 Å². The SMILES string of the molecule is O=C(C(Cc1ccccc1)NCc1cc[nH]c1)N1CCCC1. The van der Waals surface area contributed by atoms with Gasteiger partial charge < -0.3 is 15.2 Å². The van der Waals surface area contributed by atoms with E-state index in [9.17, 15) is 4.79 Å². The molecule has 1 aliphatic heterocycles. The average molecular weight is 297 g/mol. The fourth-order valence-corrected chi connectivity index (χ4v) is 2.96. The molecule has 3 rings (SSSR count). The molecule has 1 aliphatic rings. The van der Waals surface area contributed by atoms with Crippen LogP contribution in [0.3, 0.4) is 0 Å². The Hall–Kier alpha value is -2.07. The fraction of sp³-hybridized carbons (Fsp3) is 0.389. The number of hydrogen-bond donors (Lipinski definition) is 2. The van der Waals surface area contributed by atoms with Crippen LogP contribution < -0.4 is 5.32 Å². The zero-order valence-electron chi connectivity index (χ0n) is 12.8. The molecule has 0 radical (unpaired) electrons. The highest BCUT2D eigenvalue weighted by molar-refractivity contribution is 5.82. The number of nitrogens with zero attached hydrogens (tertiary/aromatic N) is 1. The van der Waals surface area contributed by atoms with E-state index in [1.54, 1.807) is 0 Å². The molecule has 0 spiro atoms. The van der Waals surface area contributed by atoms with Gasteiger partial charge in [-0.25, -0.2) is 0 Å². The third-order valence-electron chi connectivity index (χ3n) is 4.21. The van der Waals surface area contributed by atoms with Crippen molar-refractivity contribution in [2.75, 3.05) is 13.1 Å². The minimum absolute atomic E-state index is 0.157. The van der Waals surface area contributed by atoms with Gasteiger partial charge >= 0.3 is 0 Å². The zero-order valence-corrected chi connectivity index (χ0v) is 12.8. The summed E-state index contributed by atoms with van der Waals surface area (Å²) in [7, 11) is 0. The molecule has 0 aliphatic carbocycles. The summed E-state index contributed by atoms with van der Waals surface area (Å²) in [5.74, 6) is 0.233. The summed E-state index contributed by atoms with van der Waals surface area (Å²) in [6, 6.07) is 12.1. The largest absolute Gasteiger partial charge is 0.367 e. The first-order chi connectivity index (χ1) is 10.8. The molecule has 2 heterocycles. The van der Waals surface area contributed by atoms with Gasteiger partial charge in [0.2, 0.25) is 5.91 Å². The van der Waals surface area contributed by atoms with E-state index in [4.69, 9.17) is 0 Å². The Morgan fingerprint density at radius 2 is 1.91 bits per heavy atom. The number of likely N-dealkylation sites (tertiary alicyclic amines) is 1. The van der Waals surface area contributed by atoms with Crippen LogP contribution in [0.5, 0.6) is 0 Å². The second-order valence-electron chi connectivity index (χ2n) is 5.87. The summed E-state index contributed by atoms with van der Waals surface area (Å²) in [5, 5.41) is 3.44. The first-order valence-corrected chi connectivity index (χ1v) is 8.01. The standard InChI is InChI=1S/C18H23N3O/c22-18(21-10-4-5-11-21)17(12-15-6-2-1-3-7-15)20-14-16-8-9-19-13-16/h1-3,6-9,13,17,19-20H,4-5,10-12,14H2. The summed E-state index contributed by atoms with van der Waals surface area (Å²) < 4.78 is 0. The topological polar surface area (TPSA) is 48.1 Å². The molecule has 1 fully saturated rings. The molecule has 0 saturated carbocycles. The van der Waals surface area contributed by atoms with Gasteiger partial charge in [-0.15, -0.1) is 0 Å². The molecular weight excluding hydrogens is 274 g/mol. The minimum atomic E-state index is -0.157. The lowest BCUT2D eigenvalue weighted by molar-refractivity contribution is -0.132. The van der Waals surface area contributed by atoms with Crippen molar-refractivity contribution in [2.45, 2.75) is 31.8 Å². The van der Waals surface area contributed by atoms with Gasteiger partial charge in [-0.05, 0) is 36.5 Å². The van der Waals surface area contributed by atoms with E-state index in [2.05, 4.69) is 22.4 Å². The van der Waals surface area contributed by atoms with Crippen molar-refractivity contribution in [3.63, 3.8) is 0 Å². The molecule has 2 N–H and O–H groups in total. The lowest BCUT2D eigenvalue weighted by atomic mass is 10.0. The number of rotatable bonds is 6. The van der Waals surface area contributed by atoms with Gasteiger partial charge in [0.15, 0.2) is 0 Å². The highest BCUT2D eigenvalue weighted by Crippen LogP contribution is 2.12. The molecule has 1 atom stereocenters. The number of amides is 1. The van der Waals surface area contributed by atoms with Crippen LogP contribution in [0, 0.1) is 0 Å². The van der Waals surface area contributed by atoms with Gasteiger partial charge in [0.25, 0.3) is 0 Å². The molecule has 2 aromatic rings. The van der Waals surface area contributed by atoms with E-state index in [0.717, 1.165) is 32.4 Å². The van der Waals surface area contributed by atoms with Crippen molar-refractivity contribution in [3.8, 4) is 0 Å². The maximum Gasteiger partial charge on any atom is 0.240 e. The van der Waals surface area contributed by atoms with Crippen LogP contribution >= 0.6 is 0 Å². The van der Waals surface area contributed by atoms with Crippen LogP contribution in [-0.4, -0.2) is 34.9 Å². The number of aromatic amines is 1. The first-order valence-electron chi connectivity index (χ1n) is 8.01. The average Bonchev–Trinajstić information content (AvgIpc) is 3.25. The fourth-order valence-electron chi connectivity index (χ4n) is 2.96. The third kappa shape index (κ3) is 3.77. The monoisotopic (exact) mass is 297 g/mol. The summed E-state index contributed by atoms with van der Waals surface area (Å²) in [6.07, 6.45) is 6.86. The summed E-state index contributed by atoms with van der Waals surface area (Å²) in [6.45, 7) is 2.51. The molecule has 4 heteroatoms. The Morgan fingerprint density at radius 3 is 2.59 bits per heavy atom. The Kier molecular flexibility index (Phi) is 4.91. The summed E-state index contributed by atoms with van der Waals surface area (Å²) in [5.41, 5.74) is 2.37. The lowest BCUT2D eigenvalue weighted by Gasteiger charge is -2.24. The number of benzene rings is 1. The van der Waals surface area contributed by atoms with Crippen LogP contribution in [0.2, 0.25) is 0 Å². The molecule has 4 nitrogen and oxygen atoms in total. The van der Waals surface area contributed by atoms with E-state index in [0.29, 0.717) is 6.54 Å². The Labute approximate surface area is 131 Å². The lowest BCUT2D eigenvalue weighted by Crippen LogP contribution is -2.46. The predicted octanol–water partition coefficient (Wildman–Crippen LogP) is 2.34. The van der Waals surface area contributed by atoms with Gasteiger partial charge in [0, 0.05) is 32.0 Å². The number of hydrogen-bond acceptors (Lipinski definition) is 2. The van der Waals surface area contributed by atoms with Gasteiger partial charge in [-0.3, -0.25) is 4.79 Å². The van der Waals surface area contributed by atoms with E-state index < -0.39 is 0 Å².